The van der Waals surface area contributed by atoms with Gasteiger partial charge in [0.05, 0.1) is 11.0 Å². The van der Waals surface area contributed by atoms with Crippen molar-refractivity contribution in [1.82, 2.24) is 4.57 Å². The minimum Gasteiger partial charge on any atom is -0.460 e. The molecule has 0 amide bonds. The van der Waals surface area contributed by atoms with Gasteiger partial charge in [-0.2, -0.15) is 0 Å². The van der Waals surface area contributed by atoms with Crippen molar-refractivity contribution < 1.29 is 4.42 Å². The van der Waals surface area contributed by atoms with E-state index in [1.54, 1.807) is 0 Å². The third kappa shape index (κ3) is 5.25. The van der Waals surface area contributed by atoms with Gasteiger partial charge in [-0.15, -0.1) is 0 Å². The summed E-state index contributed by atoms with van der Waals surface area (Å²) in [5.74, 6) is 1.18. The average molecular weight is 746 g/mol. The van der Waals surface area contributed by atoms with Gasteiger partial charge in [-0.3, -0.25) is 0 Å². The molecule has 1 atom stereocenters. The summed E-state index contributed by atoms with van der Waals surface area (Å²) >= 11 is 0. The molecule has 2 heteroatoms. The first-order valence-corrected chi connectivity index (χ1v) is 20.4. The van der Waals surface area contributed by atoms with Crippen LogP contribution in [0.2, 0.25) is 0 Å². The molecule has 0 saturated carbocycles. The molecule has 11 rings (SSSR count). The molecule has 0 saturated heterocycles. The maximum absolute atomic E-state index is 6.58. The van der Waals surface area contributed by atoms with Gasteiger partial charge < -0.3 is 8.98 Å². The summed E-state index contributed by atoms with van der Waals surface area (Å²) in [7, 11) is 0. The van der Waals surface area contributed by atoms with Crippen molar-refractivity contribution in [2.24, 2.45) is 0 Å². The molecule has 58 heavy (non-hydrogen) atoms. The Morgan fingerprint density at radius 2 is 1.29 bits per heavy atom. The lowest BCUT2D eigenvalue weighted by atomic mass is 9.80. The van der Waals surface area contributed by atoms with Crippen molar-refractivity contribution in [2.45, 2.75) is 39.0 Å². The molecule has 7 aromatic carbocycles. The molecule has 0 bridgehead atoms. The van der Waals surface area contributed by atoms with Crippen molar-refractivity contribution in [2.75, 3.05) is 0 Å². The highest BCUT2D eigenvalue weighted by molar-refractivity contribution is 6.10. The Kier molecular flexibility index (Phi) is 7.75. The lowest BCUT2D eigenvalue weighted by molar-refractivity contribution is 0.540. The standard InChI is InChI=1S/C56H43NO/c1-35-14-8-9-17-42(35)43-27-24-38(32-40(43)23-22-37-15-6-5-7-16-37)39-25-28-45-44-18-10-12-20-51(44)57(52(45)33-39)41-26-29-48-50(34-41)56(3,4)49-31-30-47-46-19-11-13-21-53(46)58-55(47)36(2)54(48)49/h5-34,36H,1-4H3/b23-22+/t36-/m0/s1. The predicted molar refractivity (Wildman–Crippen MR) is 245 cm³/mol. The maximum Gasteiger partial charge on any atom is 0.134 e. The number of furan rings is 1. The van der Waals surface area contributed by atoms with Crippen LogP contribution in [0.5, 0.6) is 0 Å². The number of benzene rings is 7. The van der Waals surface area contributed by atoms with Crippen molar-refractivity contribution in [1.29, 1.82) is 0 Å². The molecule has 0 fully saturated rings. The van der Waals surface area contributed by atoms with Gasteiger partial charge in [0.15, 0.2) is 0 Å². The molecule has 0 radical (unpaired) electrons. The minimum absolute atomic E-state index is 0.124. The number of fused-ring (bicyclic) bond motifs is 8. The van der Waals surface area contributed by atoms with E-state index in [0.717, 1.165) is 11.3 Å². The van der Waals surface area contributed by atoms with Gasteiger partial charge in [0.1, 0.15) is 11.3 Å². The van der Waals surface area contributed by atoms with E-state index in [0.29, 0.717) is 0 Å². The number of hydrogen-bond donors (Lipinski definition) is 0. The van der Waals surface area contributed by atoms with Crippen LogP contribution in [-0.2, 0) is 5.41 Å². The quantitative estimate of drug-likeness (QED) is 0.160. The number of rotatable bonds is 5. The lowest BCUT2D eigenvalue weighted by Crippen LogP contribution is -2.16. The summed E-state index contributed by atoms with van der Waals surface area (Å²) in [6, 6.07) is 57.6. The molecular formula is C56H43NO. The fraction of sp³-hybridized carbons (Fsp3) is 0.107. The number of allylic oxidation sites excluding steroid dienone is 3. The van der Waals surface area contributed by atoms with Crippen LogP contribution < -0.4 is 0 Å². The number of nitrogens with zero attached hydrogens (tertiary/aromatic N) is 1. The van der Waals surface area contributed by atoms with Crippen LogP contribution in [-0.4, -0.2) is 4.57 Å². The van der Waals surface area contributed by atoms with E-state index >= 15 is 0 Å². The Bertz CT molecular complexity index is 3220. The van der Waals surface area contributed by atoms with Crippen molar-refractivity contribution in [3.05, 3.63) is 209 Å². The molecule has 2 aromatic heterocycles. The number of aryl methyl sites for hydroxylation is 1. The molecule has 0 N–H and O–H groups in total. The number of hydrogen-bond acceptors (Lipinski definition) is 1. The molecule has 0 spiro atoms. The lowest BCUT2D eigenvalue weighted by Gasteiger charge is -2.24. The first kappa shape index (κ1) is 34.4. The van der Waals surface area contributed by atoms with Crippen LogP contribution in [0.3, 0.4) is 0 Å². The topological polar surface area (TPSA) is 18.1 Å². The highest BCUT2D eigenvalue weighted by Gasteiger charge is 2.41. The van der Waals surface area contributed by atoms with Gasteiger partial charge in [0.25, 0.3) is 0 Å². The van der Waals surface area contributed by atoms with Crippen LogP contribution in [0.4, 0.5) is 0 Å². The van der Waals surface area contributed by atoms with Gasteiger partial charge in [0, 0.05) is 38.7 Å². The molecule has 2 nitrogen and oxygen atoms in total. The van der Waals surface area contributed by atoms with Crippen molar-refractivity contribution in [3.8, 4) is 27.9 Å². The second-order valence-electron chi connectivity index (χ2n) is 16.6. The monoisotopic (exact) mass is 745 g/mol. The van der Waals surface area contributed by atoms with E-state index in [9.17, 15) is 0 Å². The van der Waals surface area contributed by atoms with Gasteiger partial charge in [0.2, 0.25) is 0 Å². The van der Waals surface area contributed by atoms with Gasteiger partial charge >= 0.3 is 0 Å². The second kappa shape index (κ2) is 13.1. The molecule has 278 valence electrons. The molecule has 9 aromatic rings. The fourth-order valence-electron chi connectivity index (χ4n) is 9.87. The van der Waals surface area contributed by atoms with Crippen LogP contribution in [0, 0.1) is 6.92 Å². The van der Waals surface area contributed by atoms with E-state index in [2.05, 4.69) is 214 Å². The van der Waals surface area contributed by atoms with Crippen molar-refractivity contribution in [3.63, 3.8) is 0 Å². The average Bonchev–Trinajstić information content (AvgIpc) is 3.83. The van der Waals surface area contributed by atoms with E-state index in [1.165, 1.54) is 99.7 Å². The van der Waals surface area contributed by atoms with Gasteiger partial charge in [-0.1, -0.05) is 166 Å². The third-order valence-electron chi connectivity index (χ3n) is 12.8. The molecule has 2 aliphatic rings. The summed E-state index contributed by atoms with van der Waals surface area (Å²) in [6.45, 7) is 9.28. The summed E-state index contributed by atoms with van der Waals surface area (Å²) in [6.07, 6.45) is 9.14. The fourth-order valence-corrected chi connectivity index (χ4v) is 9.87. The zero-order valence-electron chi connectivity index (χ0n) is 33.3. The maximum atomic E-state index is 6.58. The zero-order valence-corrected chi connectivity index (χ0v) is 33.3. The SMILES string of the molecule is Cc1ccccc1-c1ccc(-c2ccc3c4ccccc4n(-c4ccc5c(c4)C(C)(C)C4=C5[C@H](C)c5oc6ccccc6c5C=C4)c3c2)cc1/C=C/c1ccccc1. The van der Waals surface area contributed by atoms with E-state index in [4.69, 9.17) is 4.42 Å². The Morgan fingerprint density at radius 3 is 2.16 bits per heavy atom. The van der Waals surface area contributed by atoms with Crippen LogP contribution in [0.1, 0.15) is 65.8 Å². The number of aromatic nitrogens is 1. The van der Waals surface area contributed by atoms with E-state index in [1.807, 2.05) is 0 Å². The van der Waals surface area contributed by atoms with E-state index in [-0.39, 0.29) is 11.3 Å². The van der Waals surface area contributed by atoms with Crippen LogP contribution >= 0.6 is 0 Å². The third-order valence-corrected chi connectivity index (χ3v) is 12.8. The molecule has 0 aliphatic heterocycles. The summed E-state index contributed by atoms with van der Waals surface area (Å²) in [4.78, 5) is 0. The highest BCUT2D eigenvalue weighted by atomic mass is 16.3. The van der Waals surface area contributed by atoms with Crippen molar-refractivity contribution >= 4 is 56.6 Å². The molecule has 2 aliphatic carbocycles. The predicted octanol–water partition coefficient (Wildman–Crippen LogP) is 15.2. The molecule has 0 unspecified atom stereocenters. The second-order valence-corrected chi connectivity index (χ2v) is 16.6. The summed E-state index contributed by atoms with van der Waals surface area (Å²) < 4.78 is 9.06. The smallest absolute Gasteiger partial charge is 0.134 e. The first-order chi connectivity index (χ1) is 28.3. The first-order valence-electron chi connectivity index (χ1n) is 20.4. The van der Waals surface area contributed by atoms with Gasteiger partial charge in [-0.25, -0.2) is 0 Å². The van der Waals surface area contributed by atoms with Crippen LogP contribution in [0.25, 0.3) is 84.5 Å². The summed E-state index contributed by atoms with van der Waals surface area (Å²) in [5.41, 5.74) is 19.5. The Balaban J connectivity index is 1.05. The van der Waals surface area contributed by atoms with Crippen LogP contribution in [0.15, 0.2) is 174 Å². The zero-order chi connectivity index (χ0) is 39.1. The molecular weight excluding hydrogens is 703 g/mol. The summed E-state index contributed by atoms with van der Waals surface area (Å²) in [5, 5.41) is 3.69. The Morgan fingerprint density at radius 1 is 0.586 bits per heavy atom. The highest BCUT2D eigenvalue weighted by Crippen LogP contribution is 2.55. The Hall–Kier alpha value is -6.90. The minimum atomic E-state index is -0.183. The van der Waals surface area contributed by atoms with E-state index < -0.39 is 0 Å². The van der Waals surface area contributed by atoms with Gasteiger partial charge in [-0.05, 0) is 105 Å². The Labute approximate surface area is 339 Å². The number of para-hydroxylation sites is 2. The normalized spacial score (nSPS) is 15.7. The molecule has 2 heterocycles. The largest absolute Gasteiger partial charge is 0.460 e.